The summed E-state index contributed by atoms with van der Waals surface area (Å²) in [7, 11) is 3.12. The number of carbonyl (C=O) groups is 1. The number of fused-ring (bicyclic) bond motifs is 1. The summed E-state index contributed by atoms with van der Waals surface area (Å²) < 4.78 is 21.7. The molecule has 1 fully saturated rings. The molecule has 1 aliphatic heterocycles. The second-order valence-electron chi connectivity index (χ2n) is 6.46. The van der Waals surface area contributed by atoms with E-state index in [2.05, 4.69) is 5.32 Å². The molecule has 4 rings (SSSR count). The van der Waals surface area contributed by atoms with E-state index >= 15 is 0 Å². The Labute approximate surface area is 152 Å². The summed E-state index contributed by atoms with van der Waals surface area (Å²) in [6, 6.07) is 11.0. The maximum Gasteiger partial charge on any atom is 0.252 e. The van der Waals surface area contributed by atoms with Gasteiger partial charge in [-0.25, -0.2) is 0 Å². The second-order valence-corrected chi connectivity index (χ2v) is 6.46. The van der Waals surface area contributed by atoms with Crippen molar-refractivity contribution in [3.8, 4) is 23.0 Å². The van der Waals surface area contributed by atoms with Gasteiger partial charge in [0.1, 0.15) is 13.2 Å². The molecule has 1 aliphatic carbocycles. The van der Waals surface area contributed by atoms with Crippen molar-refractivity contribution in [2.45, 2.75) is 18.4 Å². The van der Waals surface area contributed by atoms with Crippen LogP contribution in [0.25, 0.3) is 0 Å². The van der Waals surface area contributed by atoms with E-state index in [0.717, 1.165) is 29.9 Å². The number of nitrogens with one attached hydrogen (secondary N) is 1. The molecule has 0 aromatic heterocycles. The van der Waals surface area contributed by atoms with Gasteiger partial charge in [-0.05, 0) is 48.7 Å². The molecule has 26 heavy (non-hydrogen) atoms. The Kier molecular flexibility index (Phi) is 4.11. The maximum atomic E-state index is 12.8. The zero-order chi connectivity index (χ0) is 18.1. The van der Waals surface area contributed by atoms with Gasteiger partial charge in [0.05, 0.1) is 19.8 Å². The van der Waals surface area contributed by atoms with Crippen molar-refractivity contribution in [2.24, 2.45) is 0 Å². The number of hydrogen-bond acceptors (Lipinski definition) is 5. The third-order valence-corrected chi connectivity index (χ3v) is 4.84. The molecular weight excluding hydrogens is 334 g/mol. The lowest BCUT2D eigenvalue weighted by Crippen LogP contribution is -2.35. The molecule has 0 unspecified atom stereocenters. The molecule has 136 valence electrons. The SMILES string of the molecule is COc1ccc(C(=O)NC2(c3ccc4c(c3)OCCO4)CC2)cc1OC. The molecule has 2 aromatic rings. The first-order valence-electron chi connectivity index (χ1n) is 8.60. The van der Waals surface area contributed by atoms with Gasteiger partial charge in [0.2, 0.25) is 0 Å². The van der Waals surface area contributed by atoms with Gasteiger partial charge in [-0.3, -0.25) is 4.79 Å². The van der Waals surface area contributed by atoms with Crippen molar-refractivity contribution in [2.75, 3.05) is 27.4 Å². The molecule has 0 radical (unpaired) electrons. The Morgan fingerprint density at radius 1 is 0.962 bits per heavy atom. The number of amides is 1. The molecule has 1 amide bonds. The average molecular weight is 355 g/mol. The highest BCUT2D eigenvalue weighted by Gasteiger charge is 2.46. The monoisotopic (exact) mass is 355 g/mol. The van der Waals surface area contributed by atoms with Crippen molar-refractivity contribution in [3.05, 3.63) is 47.5 Å². The van der Waals surface area contributed by atoms with Gasteiger partial charge in [-0.15, -0.1) is 0 Å². The summed E-state index contributed by atoms with van der Waals surface area (Å²) in [5, 5.41) is 3.16. The fourth-order valence-corrected chi connectivity index (χ4v) is 3.22. The molecular formula is C20H21NO5. The first-order chi connectivity index (χ1) is 12.6. The van der Waals surface area contributed by atoms with Gasteiger partial charge >= 0.3 is 0 Å². The zero-order valence-electron chi connectivity index (χ0n) is 14.8. The van der Waals surface area contributed by atoms with Crippen LogP contribution in [0.4, 0.5) is 0 Å². The molecule has 1 saturated carbocycles. The topological polar surface area (TPSA) is 66.0 Å². The standard InChI is InChI=1S/C20H21NO5/c1-23-15-5-3-13(11-17(15)24-2)19(22)21-20(7-8-20)14-4-6-16-18(12-14)26-10-9-25-16/h3-6,11-12H,7-10H2,1-2H3,(H,21,22). The zero-order valence-corrected chi connectivity index (χ0v) is 14.8. The van der Waals surface area contributed by atoms with Crippen LogP contribution in [0.2, 0.25) is 0 Å². The molecule has 1 N–H and O–H groups in total. The van der Waals surface area contributed by atoms with Crippen LogP contribution < -0.4 is 24.3 Å². The summed E-state index contributed by atoms with van der Waals surface area (Å²) in [5.41, 5.74) is 1.22. The second kappa shape index (κ2) is 6.44. The third-order valence-electron chi connectivity index (χ3n) is 4.84. The van der Waals surface area contributed by atoms with Crippen molar-refractivity contribution >= 4 is 5.91 Å². The van der Waals surface area contributed by atoms with Crippen molar-refractivity contribution in [1.29, 1.82) is 0 Å². The third kappa shape index (κ3) is 2.92. The van der Waals surface area contributed by atoms with E-state index < -0.39 is 0 Å². The summed E-state index contributed by atoms with van der Waals surface area (Å²) in [4.78, 5) is 12.8. The van der Waals surface area contributed by atoms with Crippen LogP contribution in [0, 0.1) is 0 Å². The molecule has 2 aliphatic rings. The van der Waals surface area contributed by atoms with Crippen molar-refractivity contribution in [1.82, 2.24) is 5.32 Å². The molecule has 6 heteroatoms. The normalized spacial score (nSPS) is 16.5. The fraction of sp³-hybridized carbons (Fsp3) is 0.350. The lowest BCUT2D eigenvalue weighted by Gasteiger charge is -2.23. The predicted octanol–water partition coefficient (Wildman–Crippen LogP) is 2.89. The minimum atomic E-state index is -0.347. The van der Waals surface area contributed by atoms with Crippen LogP contribution in [-0.4, -0.2) is 33.3 Å². The van der Waals surface area contributed by atoms with Crippen molar-refractivity contribution in [3.63, 3.8) is 0 Å². The highest BCUT2D eigenvalue weighted by atomic mass is 16.6. The van der Waals surface area contributed by atoms with Crippen LogP contribution in [0.5, 0.6) is 23.0 Å². The van der Waals surface area contributed by atoms with Crippen LogP contribution in [0.3, 0.4) is 0 Å². The maximum absolute atomic E-state index is 12.8. The lowest BCUT2D eigenvalue weighted by molar-refractivity contribution is 0.0930. The number of rotatable bonds is 5. The molecule has 0 saturated heterocycles. The van der Waals surface area contributed by atoms with E-state index in [4.69, 9.17) is 18.9 Å². The molecule has 6 nitrogen and oxygen atoms in total. The quantitative estimate of drug-likeness (QED) is 0.893. The van der Waals surface area contributed by atoms with E-state index in [0.29, 0.717) is 30.3 Å². The number of hydrogen-bond donors (Lipinski definition) is 1. The Hall–Kier alpha value is -2.89. The predicted molar refractivity (Wildman–Crippen MR) is 95.4 cm³/mol. The number of ether oxygens (including phenoxy) is 4. The van der Waals surface area contributed by atoms with Crippen LogP contribution in [0.1, 0.15) is 28.8 Å². The first kappa shape index (κ1) is 16.6. The summed E-state index contributed by atoms with van der Waals surface area (Å²) in [6.07, 6.45) is 1.79. The Bertz CT molecular complexity index is 844. The number of benzene rings is 2. The van der Waals surface area contributed by atoms with Gasteiger partial charge in [0.25, 0.3) is 5.91 Å². The van der Waals surface area contributed by atoms with E-state index in [9.17, 15) is 4.79 Å². The largest absolute Gasteiger partial charge is 0.493 e. The Morgan fingerprint density at radius 2 is 1.69 bits per heavy atom. The lowest BCUT2D eigenvalue weighted by atomic mass is 10.0. The minimum absolute atomic E-state index is 0.140. The molecule has 0 atom stereocenters. The van der Waals surface area contributed by atoms with E-state index in [1.54, 1.807) is 32.4 Å². The minimum Gasteiger partial charge on any atom is -0.493 e. The molecule has 0 spiro atoms. The van der Waals surface area contributed by atoms with Gasteiger partial charge in [0.15, 0.2) is 23.0 Å². The van der Waals surface area contributed by atoms with E-state index in [-0.39, 0.29) is 11.4 Å². The molecule has 2 aromatic carbocycles. The fourth-order valence-electron chi connectivity index (χ4n) is 3.22. The first-order valence-corrected chi connectivity index (χ1v) is 8.60. The molecule has 0 bridgehead atoms. The van der Waals surface area contributed by atoms with Gasteiger partial charge in [0, 0.05) is 5.56 Å². The van der Waals surface area contributed by atoms with Crippen LogP contribution >= 0.6 is 0 Å². The highest BCUT2D eigenvalue weighted by molar-refractivity contribution is 5.95. The summed E-state index contributed by atoms with van der Waals surface area (Å²) >= 11 is 0. The average Bonchev–Trinajstić information content (AvgIpc) is 3.47. The van der Waals surface area contributed by atoms with Crippen LogP contribution in [0.15, 0.2) is 36.4 Å². The van der Waals surface area contributed by atoms with Crippen LogP contribution in [-0.2, 0) is 5.54 Å². The highest BCUT2D eigenvalue weighted by Crippen LogP contribution is 2.48. The number of carbonyl (C=O) groups excluding carboxylic acids is 1. The van der Waals surface area contributed by atoms with Gasteiger partial charge in [-0.1, -0.05) is 6.07 Å². The van der Waals surface area contributed by atoms with Gasteiger partial charge < -0.3 is 24.3 Å². The Morgan fingerprint density at radius 3 is 2.38 bits per heavy atom. The number of methoxy groups -OCH3 is 2. The van der Waals surface area contributed by atoms with Gasteiger partial charge in [-0.2, -0.15) is 0 Å². The summed E-state index contributed by atoms with van der Waals surface area (Å²) in [5.74, 6) is 2.47. The Balaban J connectivity index is 1.56. The van der Waals surface area contributed by atoms with E-state index in [1.165, 1.54) is 0 Å². The summed E-state index contributed by atoms with van der Waals surface area (Å²) in [6.45, 7) is 1.11. The molecule has 1 heterocycles. The smallest absolute Gasteiger partial charge is 0.252 e. The van der Waals surface area contributed by atoms with E-state index in [1.807, 2.05) is 18.2 Å². The van der Waals surface area contributed by atoms with Crippen molar-refractivity contribution < 1.29 is 23.7 Å².